The van der Waals surface area contributed by atoms with Crippen LogP contribution in [0.2, 0.25) is 0 Å². The molecule has 1 amide bonds. The van der Waals surface area contributed by atoms with Gasteiger partial charge < -0.3 is 9.15 Å². The minimum absolute atomic E-state index is 0.00211. The van der Waals surface area contributed by atoms with Gasteiger partial charge in [0.05, 0.1) is 7.11 Å². The molecule has 0 fully saturated rings. The molecular formula is C18H22N2O4. The highest BCUT2D eigenvalue weighted by Gasteiger charge is 2.34. The van der Waals surface area contributed by atoms with Crippen molar-refractivity contribution >= 4 is 17.6 Å². The van der Waals surface area contributed by atoms with E-state index in [1.54, 1.807) is 12.1 Å². The number of anilines is 1. The van der Waals surface area contributed by atoms with Gasteiger partial charge in [-0.1, -0.05) is 39.0 Å². The predicted octanol–water partition coefficient (Wildman–Crippen LogP) is 3.40. The molecule has 0 N–H and O–H groups in total. The number of hydrogen-bond acceptors (Lipinski definition) is 5. The van der Waals surface area contributed by atoms with Crippen LogP contribution in [0, 0.1) is 0 Å². The molecule has 0 bridgehead atoms. The van der Waals surface area contributed by atoms with Crippen molar-refractivity contribution < 1.29 is 18.7 Å². The molecule has 1 heterocycles. The van der Waals surface area contributed by atoms with Crippen LogP contribution in [0.5, 0.6) is 0 Å². The molecule has 0 aliphatic heterocycles. The van der Waals surface area contributed by atoms with Crippen LogP contribution >= 0.6 is 0 Å². The smallest absolute Gasteiger partial charge is 0.328 e. The highest BCUT2D eigenvalue weighted by molar-refractivity contribution is 6.08. The standard InChI is InChI=1S/C18H22N2O4/c1-5-14(18(22)23-4)20(13-9-7-6-8-10-13)17(21)15-16(12(2)3)24-11-19-15/h6-12,14H,5H2,1-4H3. The second kappa shape index (κ2) is 7.77. The Morgan fingerprint density at radius 1 is 1.25 bits per heavy atom. The summed E-state index contributed by atoms with van der Waals surface area (Å²) in [7, 11) is 1.31. The van der Waals surface area contributed by atoms with Crippen LogP contribution in [0.15, 0.2) is 41.1 Å². The van der Waals surface area contributed by atoms with Crippen LogP contribution in [0.3, 0.4) is 0 Å². The maximum atomic E-state index is 13.1. The molecule has 1 aromatic heterocycles. The van der Waals surface area contributed by atoms with Gasteiger partial charge in [-0.3, -0.25) is 9.69 Å². The molecule has 0 saturated carbocycles. The summed E-state index contributed by atoms with van der Waals surface area (Å²) in [6.45, 7) is 5.67. The lowest BCUT2D eigenvalue weighted by Crippen LogP contribution is -2.46. The molecule has 6 nitrogen and oxygen atoms in total. The number of ether oxygens (including phenoxy) is 1. The van der Waals surface area contributed by atoms with Crippen molar-refractivity contribution in [3.05, 3.63) is 48.2 Å². The number of esters is 1. The van der Waals surface area contributed by atoms with E-state index in [9.17, 15) is 9.59 Å². The Kier molecular flexibility index (Phi) is 5.73. The summed E-state index contributed by atoms with van der Waals surface area (Å²) in [5, 5.41) is 0. The Hall–Kier alpha value is -2.63. The third-order valence-corrected chi connectivity index (χ3v) is 3.75. The van der Waals surface area contributed by atoms with Crippen LogP contribution in [-0.2, 0) is 9.53 Å². The summed E-state index contributed by atoms with van der Waals surface area (Å²) >= 11 is 0. The quantitative estimate of drug-likeness (QED) is 0.759. The number of benzene rings is 1. The molecule has 128 valence electrons. The number of nitrogens with zero attached hydrogens (tertiary/aromatic N) is 2. The fraction of sp³-hybridized carbons (Fsp3) is 0.389. The van der Waals surface area contributed by atoms with Crippen molar-refractivity contribution in [3.8, 4) is 0 Å². The number of carbonyl (C=O) groups is 2. The van der Waals surface area contributed by atoms with Gasteiger partial charge in [-0.25, -0.2) is 9.78 Å². The van der Waals surface area contributed by atoms with Crippen molar-refractivity contribution in [2.24, 2.45) is 0 Å². The van der Waals surface area contributed by atoms with E-state index in [1.807, 2.05) is 39.0 Å². The average Bonchev–Trinajstić information content (AvgIpc) is 3.09. The van der Waals surface area contributed by atoms with Crippen molar-refractivity contribution in [3.63, 3.8) is 0 Å². The highest BCUT2D eigenvalue weighted by atomic mass is 16.5. The van der Waals surface area contributed by atoms with Gasteiger partial charge in [0.15, 0.2) is 12.1 Å². The molecule has 0 aliphatic rings. The zero-order valence-corrected chi connectivity index (χ0v) is 14.4. The van der Waals surface area contributed by atoms with Gasteiger partial charge in [0.2, 0.25) is 0 Å². The molecule has 2 rings (SSSR count). The van der Waals surface area contributed by atoms with E-state index in [2.05, 4.69) is 4.98 Å². The van der Waals surface area contributed by atoms with Crippen LogP contribution < -0.4 is 4.90 Å². The van der Waals surface area contributed by atoms with E-state index < -0.39 is 12.0 Å². The van der Waals surface area contributed by atoms with Crippen molar-refractivity contribution in [1.82, 2.24) is 4.98 Å². The zero-order chi connectivity index (χ0) is 17.7. The first-order valence-electron chi connectivity index (χ1n) is 7.91. The van der Waals surface area contributed by atoms with Crippen LogP contribution in [-0.4, -0.2) is 30.0 Å². The number of aromatic nitrogens is 1. The first-order chi connectivity index (χ1) is 11.5. The minimum atomic E-state index is -0.735. The maximum Gasteiger partial charge on any atom is 0.328 e. The number of carbonyl (C=O) groups excluding carboxylic acids is 2. The van der Waals surface area contributed by atoms with Crippen LogP contribution in [0.1, 0.15) is 49.4 Å². The molecule has 1 unspecified atom stereocenters. The van der Waals surface area contributed by atoms with Crippen molar-refractivity contribution in [1.29, 1.82) is 0 Å². The zero-order valence-electron chi connectivity index (χ0n) is 14.4. The van der Waals surface area contributed by atoms with Gasteiger partial charge in [0, 0.05) is 11.6 Å². The van der Waals surface area contributed by atoms with Crippen molar-refractivity contribution in [2.75, 3.05) is 12.0 Å². The summed E-state index contributed by atoms with van der Waals surface area (Å²) in [5.74, 6) is -0.344. The lowest BCUT2D eigenvalue weighted by molar-refractivity contribution is -0.142. The van der Waals surface area contributed by atoms with Gasteiger partial charge in [0.25, 0.3) is 5.91 Å². The molecule has 2 aromatic rings. The van der Waals surface area contributed by atoms with Gasteiger partial charge in [-0.2, -0.15) is 0 Å². The highest BCUT2D eigenvalue weighted by Crippen LogP contribution is 2.25. The molecule has 0 aliphatic carbocycles. The third-order valence-electron chi connectivity index (χ3n) is 3.75. The van der Waals surface area contributed by atoms with E-state index in [0.29, 0.717) is 17.9 Å². The molecule has 1 aromatic carbocycles. The Labute approximate surface area is 141 Å². The first kappa shape index (κ1) is 17.7. The third kappa shape index (κ3) is 3.48. The largest absolute Gasteiger partial charge is 0.467 e. The molecule has 6 heteroatoms. The topological polar surface area (TPSA) is 72.6 Å². The average molecular weight is 330 g/mol. The summed E-state index contributed by atoms with van der Waals surface area (Å²) in [5.41, 5.74) is 0.827. The number of methoxy groups -OCH3 is 1. The number of hydrogen-bond donors (Lipinski definition) is 0. The van der Waals surface area contributed by atoms with Crippen molar-refractivity contribution in [2.45, 2.75) is 39.2 Å². The molecule has 0 radical (unpaired) electrons. The van der Waals surface area contributed by atoms with Gasteiger partial charge >= 0.3 is 5.97 Å². The van der Waals surface area contributed by atoms with Gasteiger partial charge in [0.1, 0.15) is 11.8 Å². The molecule has 1 atom stereocenters. The Bertz CT molecular complexity index is 694. The molecule has 0 saturated heterocycles. The molecule has 0 spiro atoms. The maximum absolute atomic E-state index is 13.1. The number of oxazole rings is 1. The van der Waals surface area contributed by atoms with E-state index in [4.69, 9.17) is 9.15 Å². The summed E-state index contributed by atoms with van der Waals surface area (Å²) in [6, 6.07) is 8.29. The normalized spacial score (nSPS) is 12.0. The van der Waals surface area contributed by atoms with E-state index >= 15 is 0 Å². The van der Waals surface area contributed by atoms with Gasteiger partial charge in [-0.15, -0.1) is 0 Å². The second-order valence-corrected chi connectivity index (χ2v) is 5.68. The van der Waals surface area contributed by atoms with E-state index in [-0.39, 0.29) is 17.5 Å². The monoisotopic (exact) mass is 330 g/mol. The second-order valence-electron chi connectivity index (χ2n) is 5.68. The Morgan fingerprint density at radius 3 is 2.46 bits per heavy atom. The number of para-hydroxylation sites is 1. The SMILES string of the molecule is CCC(C(=O)OC)N(C(=O)c1ncoc1C(C)C)c1ccccc1. The lowest BCUT2D eigenvalue weighted by Gasteiger charge is -2.29. The van der Waals surface area contributed by atoms with E-state index in [1.165, 1.54) is 18.4 Å². The minimum Gasteiger partial charge on any atom is -0.467 e. The Morgan fingerprint density at radius 2 is 1.92 bits per heavy atom. The summed E-state index contributed by atoms with van der Waals surface area (Å²) in [4.78, 5) is 30.8. The number of rotatable bonds is 6. The summed E-state index contributed by atoms with van der Waals surface area (Å²) < 4.78 is 10.2. The fourth-order valence-electron chi connectivity index (χ4n) is 2.56. The fourth-order valence-corrected chi connectivity index (χ4v) is 2.56. The van der Waals surface area contributed by atoms with Crippen LogP contribution in [0.4, 0.5) is 5.69 Å². The summed E-state index contributed by atoms with van der Waals surface area (Å²) in [6.07, 6.45) is 1.67. The van der Waals surface area contributed by atoms with Crippen LogP contribution in [0.25, 0.3) is 0 Å². The Balaban J connectivity index is 2.51. The number of amides is 1. The molecular weight excluding hydrogens is 308 g/mol. The van der Waals surface area contributed by atoms with Gasteiger partial charge in [-0.05, 0) is 18.6 Å². The first-order valence-corrected chi connectivity index (χ1v) is 7.91. The van der Waals surface area contributed by atoms with E-state index in [0.717, 1.165) is 0 Å². The molecule has 24 heavy (non-hydrogen) atoms. The predicted molar refractivity (Wildman–Crippen MR) is 89.9 cm³/mol. The lowest BCUT2D eigenvalue weighted by atomic mass is 10.1.